The Morgan fingerprint density at radius 1 is 0.804 bits per heavy atom. The van der Waals surface area contributed by atoms with E-state index in [9.17, 15) is 18.0 Å². The SMILES string of the molecule is COc1ccc(-n2c(SCC(=O)NNC(=O)COc3ccc(C)cc3)nnc2-c2ccc(NS(=O)(=O)c3ccccc3)cc2)cc1. The molecule has 1 aromatic heterocycles. The Labute approximate surface area is 270 Å². The first-order valence-electron chi connectivity index (χ1n) is 13.9. The van der Waals surface area contributed by atoms with Gasteiger partial charge in [-0.15, -0.1) is 10.2 Å². The fraction of sp³-hybridized carbons (Fsp3) is 0.125. The Morgan fingerprint density at radius 3 is 2.13 bits per heavy atom. The van der Waals surface area contributed by atoms with E-state index in [0.717, 1.165) is 17.3 Å². The molecule has 0 radical (unpaired) electrons. The zero-order chi connectivity index (χ0) is 32.5. The number of ether oxygens (including phenoxy) is 2. The first-order valence-corrected chi connectivity index (χ1v) is 16.4. The second kappa shape index (κ2) is 14.6. The smallest absolute Gasteiger partial charge is 0.276 e. The van der Waals surface area contributed by atoms with Gasteiger partial charge in [0.1, 0.15) is 11.5 Å². The van der Waals surface area contributed by atoms with Gasteiger partial charge in [0.05, 0.1) is 17.8 Å². The molecular weight excluding hydrogens is 629 g/mol. The van der Waals surface area contributed by atoms with Crippen LogP contribution in [-0.4, -0.2) is 54.5 Å². The molecule has 46 heavy (non-hydrogen) atoms. The van der Waals surface area contributed by atoms with E-state index in [2.05, 4.69) is 25.8 Å². The number of hydrogen-bond acceptors (Lipinski definition) is 9. The number of anilines is 1. The Balaban J connectivity index is 1.27. The average molecular weight is 659 g/mol. The summed E-state index contributed by atoms with van der Waals surface area (Å²) >= 11 is 1.12. The van der Waals surface area contributed by atoms with Crippen molar-refractivity contribution in [2.24, 2.45) is 0 Å². The highest BCUT2D eigenvalue weighted by Crippen LogP contribution is 2.30. The molecule has 0 spiro atoms. The maximum Gasteiger partial charge on any atom is 0.276 e. The van der Waals surface area contributed by atoms with Gasteiger partial charge in [0.15, 0.2) is 17.6 Å². The largest absolute Gasteiger partial charge is 0.497 e. The van der Waals surface area contributed by atoms with Crippen molar-refractivity contribution in [3.8, 4) is 28.6 Å². The molecule has 4 aromatic carbocycles. The molecule has 0 fully saturated rings. The molecule has 0 atom stereocenters. The number of methoxy groups -OCH3 is 1. The van der Waals surface area contributed by atoms with Crippen LogP contribution in [0.15, 0.2) is 113 Å². The number of carbonyl (C=O) groups is 2. The average Bonchev–Trinajstić information content (AvgIpc) is 3.50. The highest BCUT2D eigenvalue weighted by molar-refractivity contribution is 7.99. The molecule has 2 amide bonds. The number of carbonyl (C=O) groups excluding carboxylic acids is 2. The van der Waals surface area contributed by atoms with Gasteiger partial charge in [0.25, 0.3) is 15.9 Å². The number of hydrazine groups is 1. The van der Waals surface area contributed by atoms with E-state index in [1.54, 1.807) is 78.4 Å². The van der Waals surface area contributed by atoms with E-state index in [1.807, 2.05) is 31.2 Å². The van der Waals surface area contributed by atoms with Crippen LogP contribution in [-0.2, 0) is 19.6 Å². The molecule has 0 saturated heterocycles. The standard InChI is InChI=1S/C32H30N6O6S2/c1-22-8-16-27(17-9-22)44-20-29(39)33-34-30(40)21-45-32-36-35-31(38(32)25-14-18-26(43-2)19-15-25)23-10-12-24(13-11-23)37-46(41,42)28-6-4-3-5-7-28/h3-19,37H,20-21H2,1-2H3,(H,33,39)(H,34,40). The minimum absolute atomic E-state index is 0.0758. The topological polar surface area (TPSA) is 154 Å². The summed E-state index contributed by atoms with van der Waals surface area (Å²) in [5.41, 5.74) is 7.53. The number of rotatable bonds is 12. The van der Waals surface area contributed by atoms with Crippen molar-refractivity contribution in [1.29, 1.82) is 0 Å². The summed E-state index contributed by atoms with van der Waals surface area (Å²) in [4.78, 5) is 24.9. The Hall–Kier alpha value is -5.34. The van der Waals surface area contributed by atoms with Gasteiger partial charge in [-0.05, 0) is 79.7 Å². The van der Waals surface area contributed by atoms with Gasteiger partial charge in [-0.3, -0.25) is 29.7 Å². The summed E-state index contributed by atoms with van der Waals surface area (Å²) < 4.78 is 40.6. The first-order chi connectivity index (χ1) is 22.2. The van der Waals surface area contributed by atoms with E-state index in [-0.39, 0.29) is 17.3 Å². The van der Waals surface area contributed by atoms with Gasteiger partial charge in [0, 0.05) is 16.9 Å². The molecule has 0 saturated carbocycles. The third kappa shape index (κ3) is 8.22. The maximum atomic E-state index is 12.8. The van der Waals surface area contributed by atoms with Crippen LogP contribution in [0.3, 0.4) is 0 Å². The van der Waals surface area contributed by atoms with Gasteiger partial charge >= 0.3 is 0 Å². The number of sulfonamides is 1. The molecular formula is C32H30N6O6S2. The number of amides is 2. The van der Waals surface area contributed by atoms with Crippen molar-refractivity contribution >= 4 is 39.3 Å². The number of aromatic nitrogens is 3. The molecule has 0 aliphatic carbocycles. The van der Waals surface area contributed by atoms with Crippen LogP contribution in [0.5, 0.6) is 11.5 Å². The van der Waals surface area contributed by atoms with E-state index >= 15 is 0 Å². The summed E-state index contributed by atoms with van der Waals surface area (Å²) in [6.45, 7) is 1.68. The lowest BCUT2D eigenvalue weighted by Gasteiger charge is -2.12. The van der Waals surface area contributed by atoms with Crippen LogP contribution < -0.4 is 25.0 Å². The number of nitrogens with one attached hydrogen (secondary N) is 3. The summed E-state index contributed by atoms with van der Waals surface area (Å²) in [6.07, 6.45) is 0. The number of hydrogen-bond donors (Lipinski definition) is 3. The zero-order valence-electron chi connectivity index (χ0n) is 24.8. The number of thioether (sulfide) groups is 1. The highest BCUT2D eigenvalue weighted by atomic mass is 32.2. The van der Waals surface area contributed by atoms with Gasteiger partial charge in [0.2, 0.25) is 5.91 Å². The Morgan fingerprint density at radius 2 is 1.46 bits per heavy atom. The molecule has 1 heterocycles. The molecule has 0 bridgehead atoms. The molecule has 5 aromatic rings. The molecule has 14 heteroatoms. The monoisotopic (exact) mass is 658 g/mol. The van der Waals surface area contributed by atoms with Crippen molar-refractivity contribution in [3.63, 3.8) is 0 Å². The third-order valence-electron chi connectivity index (χ3n) is 6.48. The van der Waals surface area contributed by atoms with Crippen LogP contribution in [0, 0.1) is 6.92 Å². The van der Waals surface area contributed by atoms with Crippen LogP contribution >= 0.6 is 11.8 Å². The van der Waals surface area contributed by atoms with Crippen molar-refractivity contribution in [2.75, 3.05) is 24.2 Å². The molecule has 12 nitrogen and oxygen atoms in total. The molecule has 0 aliphatic heterocycles. The Bertz CT molecular complexity index is 1900. The lowest BCUT2D eigenvalue weighted by atomic mass is 10.2. The van der Waals surface area contributed by atoms with Crippen molar-refractivity contribution in [3.05, 3.63) is 109 Å². The minimum atomic E-state index is -3.76. The summed E-state index contributed by atoms with van der Waals surface area (Å²) in [5, 5.41) is 9.10. The minimum Gasteiger partial charge on any atom is -0.497 e. The predicted octanol–water partition coefficient (Wildman–Crippen LogP) is 4.37. The van der Waals surface area contributed by atoms with Crippen LogP contribution in [0.1, 0.15) is 5.56 Å². The molecule has 0 aliphatic rings. The van der Waals surface area contributed by atoms with E-state index in [1.165, 1.54) is 12.1 Å². The fourth-order valence-corrected chi connectivity index (χ4v) is 5.97. The molecule has 3 N–H and O–H groups in total. The fourth-order valence-electron chi connectivity index (χ4n) is 4.14. The van der Waals surface area contributed by atoms with Crippen LogP contribution in [0.4, 0.5) is 5.69 Å². The van der Waals surface area contributed by atoms with Crippen molar-refractivity contribution in [1.82, 2.24) is 25.6 Å². The summed E-state index contributed by atoms with van der Waals surface area (Å²) in [5.74, 6) is 0.607. The second-order valence-corrected chi connectivity index (χ2v) is 12.4. The first kappa shape index (κ1) is 32.1. The lowest BCUT2D eigenvalue weighted by Crippen LogP contribution is -2.44. The van der Waals surface area contributed by atoms with Crippen molar-refractivity contribution < 1.29 is 27.5 Å². The molecule has 236 valence electrons. The van der Waals surface area contributed by atoms with Gasteiger partial charge in [-0.2, -0.15) is 0 Å². The van der Waals surface area contributed by atoms with Crippen LogP contribution in [0.2, 0.25) is 0 Å². The summed E-state index contributed by atoms with van der Waals surface area (Å²) in [7, 11) is -2.19. The molecule has 0 unspecified atom stereocenters. The van der Waals surface area contributed by atoms with E-state index < -0.39 is 21.8 Å². The van der Waals surface area contributed by atoms with E-state index in [4.69, 9.17) is 9.47 Å². The number of benzene rings is 4. The normalized spacial score (nSPS) is 11.0. The van der Waals surface area contributed by atoms with Gasteiger partial charge in [-0.1, -0.05) is 47.7 Å². The quantitative estimate of drug-likeness (QED) is 0.131. The third-order valence-corrected chi connectivity index (χ3v) is 8.80. The second-order valence-electron chi connectivity index (χ2n) is 9.82. The molecule has 5 rings (SSSR count). The number of aryl methyl sites for hydroxylation is 1. The van der Waals surface area contributed by atoms with Crippen molar-refractivity contribution in [2.45, 2.75) is 17.0 Å². The predicted molar refractivity (Wildman–Crippen MR) is 174 cm³/mol. The van der Waals surface area contributed by atoms with Crippen LogP contribution in [0.25, 0.3) is 17.1 Å². The number of nitrogens with zero attached hydrogens (tertiary/aromatic N) is 3. The zero-order valence-corrected chi connectivity index (χ0v) is 26.5. The van der Waals surface area contributed by atoms with E-state index in [0.29, 0.717) is 39.4 Å². The maximum absolute atomic E-state index is 12.8. The lowest BCUT2D eigenvalue weighted by molar-refractivity contribution is -0.128. The Kier molecular flexibility index (Phi) is 10.2. The van der Waals surface area contributed by atoms with Gasteiger partial charge in [-0.25, -0.2) is 8.42 Å². The summed E-state index contributed by atoms with van der Waals surface area (Å²) in [6, 6.07) is 29.3. The van der Waals surface area contributed by atoms with Gasteiger partial charge < -0.3 is 9.47 Å². The highest BCUT2D eigenvalue weighted by Gasteiger charge is 2.19.